The minimum atomic E-state index is -3.82. The summed E-state index contributed by atoms with van der Waals surface area (Å²) in [5.41, 5.74) is 0. The van der Waals surface area contributed by atoms with Crippen molar-refractivity contribution >= 4 is 16.2 Å². The first-order valence-electron chi connectivity index (χ1n) is 4.67. The third kappa shape index (κ3) is 5.06. The van der Waals surface area contributed by atoms with Crippen molar-refractivity contribution in [2.24, 2.45) is 0 Å². The number of rotatable bonds is 6. The van der Waals surface area contributed by atoms with E-state index in [0.717, 1.165) is 5.82 Å². The molecule has 0 aliphatic rings. The quantitative estimate of drug-likeness (QED) is 0.433. The standard InChI is InChI=1S/C9H14N2O3S.H2O/c1-2-9-10-5-7-11(9)6-3-4-8-15(12,13)14;/h2,5,7H,1,3-4,6,8H2,(H,12,13,14);1H2. The maximum atomic E-state index is 10.4. The summed E-state index contributed by atoms with van der Waals surface area (Å²) in [6.07, 6.45) is 6.50. The van der Waals surface area contributed by atoms with Crippen LogP contribution >= 0.6 is 0 Å². The molecule has 1 rings (SSSR count). The van der Waals surface area contributed by atoms with E-state index in [9.17, 15) is 8.42 Å². The molecule has 3 N–H and O–H groups in total. The Morgan fingerprint density at radius 2 is 2.19 bits per heavy atom. The number of aryl methyl sites for hydroxylation is 1. The first-order valence-corrected chi connectivity index (χ1v) is 6.28. The molecule has 0 radical (unpaired) electrons. The monoisotopic (exact) mass is 248 g/mol. The Morgan fingerprint density at radius 1 is 1.50 bits per heavy atom. The van der Waals surface area contributed by atoms with E-state index in [2.05, 4.69) is 11.6 Å². The summed E-state index contributed by atoms with van der Waals surface area (Å²) in [5.74, 6) is 0.711. The van der Waals surface area contributed by atoms with Gasteiger partial charge in [-0.05, 0) is 12.8 Å². The normalized spacial score (nSPS) is 10.8. The van der Waals surface area contributed by atoms with Crippen molar-refractivity contribution in [1.29, 1.82) is 0 Å². The Balaban J connectivity index is 0.00000225. The lowest BCUT2D eigenvalue weighted by atomic mass is 10.3. The molecule has 6 nitrogen and oxygen atoms in total. The summed E-state index contributed by atoms with van der Waals surface area (Å²) in [6.45, 7) is 4.35. The highest BCUT2D eigenvalue weighted by Crippen LogP contribution is 1.95. The van der Waals surface area contributed by atoms with Gasteiger partial charge in [-0.15, -0.1) is 0 Å². The molecule has 0 atom stereocenters. The van der Waals surface area contributed by atoms with Gasteiger partial charge < -0.3 is 5.48 Å². The fourth-order valence-electron chi connectivity index (χ4n) is 1.31. The fourth-order valence-corrected chi connectivity index (χ4v) is 1.88. The molecule has 0 spiro atoms. The molecule has 0 fully saturated rings. The third-order valence-electron chi connectivity index (χ3n) is 2.04. The van der Waals surface area contributed by atoms with Crippen molar-refractivity contribution < 1.29 is 23.0 Å². The maximum absolute atomic E-state index is 10.4. The number of nitrogens with one attached hydrogen (secondary N) is 1. The molecule has 1 heterocycles. The molecule has 7 heteroatoms. The SMILES string of the molecule is C=Cc1[nH]cc[n+]1CCCCS(=O)(=O)O.[OH-]. The Labute approximate surface area is 94.7 Å². The van der Waals surface area contributed by atoms with Crippen LogP contribution in [0.3, 0.4) is 0 Å². The second kappa shape index (κ2) is 6.41. The van der Waals surface area contributed by atoms with Crippen molar-refractivity contribution in [2.75, 3.05) is 5.75 Å². The van der Waals surface area contributed by atoms with E-state index >= 15 is 0 Å². The van der Waals surface area contributed by atoms with Crippen molar-refractivity contribution in [1.82, 2.24) is 4.98 Å². The Morgan fingerprint density at radius 3 is 2.75 bits per heavy atom. The molecular weight excluding hydrogens is 232 g/mol. The van der Waals surface area contributed by atoms with Gasteiger partial charge in [-0.1, -0.05) is 6.58 Å². The molecule has 0 saturated heterocycles. The molecule has 0 amide bonds. The minimum absolute atomic E-state index is 0. The molecule has 0 saturated carbocycles. The van der Waals surface area contributed by atoms with Crippen LogP contribution in [-0.2, 0) is 16.7 Å². The number of aromatic amines is 1. The van der Waals surface area contributed by atoms with E-state index in [0.29, 0.717) is 19.4 Å². The van der Waals surface area contributed by atoms with Crippen molar-refractivity contribution in [3.8, 4) is 0 Å². The number of aromatic nitrogens is 2. The molecule has 0 aromatic carbocycles. The van der Waals surface area contributed by atoms with Crippen LogP contribution in [0, 0.1) is 0 Å². The summed E-state index contributed by atoms with van der Waals surface area (Å²) in [5, 5.41) is 0. The summed E-state index contributed by atoms with van der Waals surface area (Å²) in [6, 6.07) is 0. The summed E-state index contributed by atoms with van der Waals surface area (Å²) in [7, 11) is -3.82. The van der Waals surface area contributed by atoms with Gasteiger partial charge in [0.15, 0.2) is 0 Å². The van der Waals surface area contributed by atoms with Gasteiger partial charge >= 0.3 is 0 Å². The van der Waals surface area contributed by atoms with Gasteiger partial charge in [0.05, 0.1) is 12.3 Å². The van der Waals surface area contributed by atoms with E-state index in [1.54, 1.807) is 12.3 Å². The van der Waals surface area contributed by atoms with Gasteiger partial charge in [0.25, 0.3) is 15.9 Å². The zero-order chi connectivity index (χ0) is 11.3. The Kier molecular flexibility index (Phi) is 5.94. The zero-order valence-electron chi connectivity index (χ0n) is 8.83. The highest BCUT2D eigenvalue weighted by Gasteiger charge is 2.07. The van der Waals surface area contributed by atoms with Gasteiger partial charge in [0.2, 0.25) is 0 Å². The highest BCUT2D eigenvalue weighted by molar-refractivity contribution is 7.85. The molecule has 1 aromatic heterocycles. The summed E-state index contributed by atoms with van der Waals surface area (Å²) in [4.78, 5) is 2.99. The lowest BCUT2D eigenvalue weighted by Gasteiger charge is -1.98. The highest BCUT2D eigenvalue weighted by atomic mass is 32.2. The van der Waals surface area contributed by atoms with Gasteiger partial charge in [-0.2, -0.15) is 8.42 Å². The number of nitrogens with zero attached hydrogens (tertiary/aromatic N) is 1. The van der Waals surface area contributed by atoms with Crippen LogP contribution in [0.2, 0.25) is 0 Å². The van der Waals surface area contributed by atoms with E-state index in [4.69, 9.17) is 4.55 Å². The van der Waals surface area contributed by atoms with E-state index in [1.807, 2.05) is 10.8 Å². The maximum Gasteiger partial charge on any atom is 0.278 e. The topological polar surface area (TPSA) is 104 Å². The second-order valence-corrected chi connectivity index (χ2v) is 4.81. The molecular formula is C9H16N2O4S. The Bertz CT molecular complexity index is 424. The third-order valence-corrected chi connectivity index (χ3v) is 2.84. The van der Waals surface area contributed by atoms with Gasteiger partial charge in [-0.3, -0.25) is 4.55 Å². The van der Waals surface area contributed by atoms with E-state index in [-0.39, 0.29) is 11.2 Å². The second-order valence-electron chi connectivity index (χ2n) is 3.24. The fraction of sp³-hybridized carbons (Fsp3) is 0.444. The Hall–Kier alpha value is -1.18. The molecule has 0 aliphatic heterocycles. The number of hydrogen-bond acceptors (Lipinski definition) is 3. The molecule has 0 bridgehead atoms. The largest absolute Gasteiger partial charge is 0.870 e. The van der Waals surface area contributed by atoms with E-state index < -0.39 is 10.1 Å². The minimum Gasteiger partial charge on any atom is -0.870 e. The van der Waals surface area contributed by atoms with Crippen molar-refractivity contribution in [3.63, 3.8) is 0 Å². The van der Waals surface area contributed by atoms with Crippen LogP contribution in [0.4, 0.5) is 0 Å². The summed E-state index contributed by atoms with van der Waals surface area (Å²) >= 11 is 0. The smallest absolute Gasteiger partial charge is 0.278 e. The molecule has 0 unspecified atom stereocenters. The number of unbranched alkanes of at least 4 members (excludes halogenated alkanes) is 1. The molecule has 1 aromatic rings. The predicted molar refractivity (Wildman–Crippen MR) is 58.7 cm³/mol. The lowest BCUT2D eigenvalue weighted by molar-refractivity contribution is -0.697. The van der Waals surface area contributed by atoms with Crippen LogP contribution in [0.5, 0.6) is 0 Å². The van der Waals surface area contributed by atoms with Crippen molar-refractivity contribution in [2.45, 2.75) is 19.4 Å². The number of hydrogen-bond donors (Lipinski definition) is 2. The van der Waals surface area contributed by atoms with Crippen LogP contribution in [-0.4, -0.2) is 29.2 Å². The average molecular weight is 248 g/mol. The number of imidazole rings is 1. The van der Waals surface area contributed by atoms with E-state index in [1.165, 1.54) is 0 Å². The number of H-pyrrole nitrogens is 1. The van der Waals surface area contributed by atoms with Crippen LogP contribution in [0.1, 0.15) is 18.7 Å². The predicted octanol–water partition coefficient (Wildman–Crippen LogP) is 0.436. The lowest BCUT2D eigenvalue weighted by Crippen LogP contribution is -2.34. The van der Waals surface area contributed by atoms with Gasteiger partial charge in [-0.25, -0.2) is 9.55 Å². The van der Waals surface area contributed by atoms with Gasteiger partial charge in [0, 0.05) is 6.08 Å². The molecule has 0 aliphatic carbocycles. The molecule has 92 valence electrons. The van der Waals surface area contributed by atoms with Crippen LogP contribution in [0.25, 0.3) is 6.08 Å². The van der Waals surface area contributed by atoms with Gasteiger partial charge in [0.1, 0.15) is 12.4 Å². The molecule has 16 heavy (non-hydrogen) atoms. The van der Waals surface area contributed by atoms with Crippen molar-refractivity contribution in [3.05, 3.63) is 24.8 Å². The first-order chi connectivity index (χ1) is 7.03. The summed E-state index contributed by atoms with van der Waals surface area (Å²) < 4.78 is 31.3. The average Bonchev–Trinajstić information content (AvgIpc) is 2.58. The zero-order valence-corrected chi connectivity index (χ0v) is 9.65. The van der Waals surface area contributed by atoms with Crippen LogP contribution < -0.4 is 4.57 Å². The first kappa shape index (κ1) is 14.8. The van der Waals surface area contributed by atoms with Crippen LogP contribution in [0.15, 0.2) is 19.0 Å².